The molecule has 4 nitrogen and oxygen atoms in total. The van der Waals surface area contributed by atoms with Gasteiger partial charge in [0.2, 0.25) is 11.8 Å². The second kappa shape index (κ2) is 5.33. The summed E-state index contributed by atoms with van der Waals surface area (Å²) in [7, 11) is 0. The van der Waals surface area contributed by atoms with E-state index in [-0.39, 0.29) is 18.4 Å². The Morgan fingerprint density at radius 1 is 1.19 bits per heavy atom. The molecular formula is C17H18N2O2. The maximum absolute atomic E-state index is 12.7. The molecule has 1 spiro atoms. The minimum absolute atomic E-state index is 0.00504. The molecule has 0 bridgehead atoms. The molecule has 3 rings (SSSR count). The number of nitrogens with zero attached hydrogens (tertiary/aromatic N) is 2. The highest BCUT2D eigenvalue weighted by molar-refractivity contribution is 6.05. The van der Waals surface area contributed by atoms with Gasteiger partial charge in [-0.2, -0.15) is 5.26 Å². The zero-order chi connectivity index (χ0) is 14.9. The third-order valence-corrected chi connectivity index (χ3v) is 4.70. The SMILES string of the molecule is N#Cc1cccc(CN2C(=O)CC3(CCCCC3)C2=O)c1. The van der Waals surface area contributed by atoms with Crippen molar-refractivity contribution in [2.75, 3.05) is 0 Å². The normalized spacial score (nSPS) is 20.8. The summed E-state index contributed by atoms with van der Waals surface area (Å²) in [5, 5.41) is 8.93. The van der Waals surface area contributed by atoms with E-state index < -0.39 is 5.41 Å². The molecular weight excluding hydrogens is 264 g/mol. The van der Waals surface area contributed by atoms with Gasteiger partial charge in [-0.05, 0) is 30.5 Å². The van der Waals surface area contributed by atoms with Crippen LogP contribution in [0.4, 0.5) is 0 Å². The maximum Gasteiger partial charge on any atom is 0.236 e. The Labute approximate surface area is 124 Å². The molecule has 2 aliphatic rings. The van der Waals surface area contributed by atoms with Gasteiger partial charge in [0.15, 0.2) is 0 Å². The first-order valence-electron chi connectivity index (χ1n) is 7.48. The van der Waals surface area contributed by atoms with Crippen molar-refractivity contribution < 1.29 is 9.59 Å². The van der Waals surface area contributed by atoms with Gasteiger partial charge in [0.1, 0.15) is 0 Å². The number of carbonyl (C=O) groups is 2. The standard InChI is InChI=1S/C17H18N2O2/c18-11-13-5-4-6-14(9-13)12-19-15(20)10-17(16(19)21)7-2-1-3-8-17/h4-6,9H,1-3,7-8,10,12H2. The number of amides is 2. The highest BCUT2D eigenvalue weighted by atomic mass is 16.2. The Morgan fingerprint density at radius 2 is 1.95 bits per heavy atom. The molecule has 0 atom stereocenters. The lowest BCUT2D eigenvalue weighted by Gasteiger charge is -2.30. The summed E-state index contributed by atoms with van der Waals surface area (Å²) in [6, 6.07) is 9.19. The molecule has 2 fully saturated rings. The highest BCUT2D eigenvalue weighted by Crippen LogP contribution is 2.45. The molecule has 1 aliphatic carbocycles. The molecule has 0 radical (unpaired) electrons. The summed E-state index contributed by atoms with van der Waals surface area (Å²) in [5.41, 5.74) is 0.963. The predicted octanol–water partition coefficient (Wildman–Crippen LogP) is 2.77. The average molecular weight is 282 g/mol. The first-order chi connectivity index (χ1) is 10.1. The average Bonchev–Trinajstić information content (AvgIpc) is 2.73. The van der Waals surface area contributed by atoms with Crippen molar-refractivity contribution >= 4 is 11.8 Å². The highest BCUT2D eigenvalue weighted by Gasteiger charge is 2.51. The Kier molecular flexibility index (Phi) is 3.50. The molecule has 2 amide bonds. The van der Waals surface area contributed by atoms with Crippen LogP contribution in [0.5, 0.6) is 0 Å². The molecule has 108 valence electrons. The van der Waals surface area contributed by atoms with Crippen LogP contribution in [0.2, 0.25) is 0 Å². The van der Waals surface area contributed by atoms with Gasteiger partial charge in [-0.1, -0.05) is 31.4 Å². The Morgan fingerprint density at radius 3 is 2.67 bits per heavy atom. The molecule has 0 aromatic heterocycles. The van der Waals surface area contributed by atoms with Crippen molar-refractivity contribution in [3.63, 3.8) is 0 Å². The van der Waals surface area contributed by atoms with Crippen LogP contribution >= 0.6 is 0 Å². The number of hydrogen-bond acceptors (Lipinski definition) is 3. The number of likely N-dealkylation sites (tertiary alicyclic amines) is 1. The smallest absolute Gasteiger partial charge is 0.236 e. The third kappa shape index (κ3) is 2.44. The van der Waals surface area contributed by atoms with Gasteiger partial charge < -0.3 is 0 Å². The van der Waals surface area contributed by atoms with Gasteiger partial charge in [-0.15, -0.1) is 0 Å². The topological polar surface area (TPSA) is 61.2 Å². The van der Waals surface area contributed by atoms with Crippen molar-refractivity contribution in [2.24, 2.45) is 5.41 Å². The van der Waals surface area contributed by atoms with Crippen LogP contribution in [0.3, 0.4) is 0 Å². The Bertz CT molecular complexity index is 624. The lowest BCUT2D eigenvalue weighted by Crippen LogP contribution is -2.36. The number of hydrogen-bond donors (Lipinski definition) is 0. The van der Waals surface area contributed by atoms with Crippen LogP contribution < -0.4 is 0 Å². The van der Waals surface area contributed by atoms with E-state index in [0.29, 0.717) is 12.0 Å². The second-order valence-electron chi connectivity index (χ2n) is 6.11. The number of imide groups is 1. The van der Waals surface area contributed by atoms with Crippen molar-refractivity contribution in [1.82, 2.24) is 4.90 Å². The van der Waals surface area contributed by atoms with Crippen molar-refractivity contribution in [3.8, 4) is 6.07 Å². The van der Waals surface area contributed by atoms with E-state index in [1.165, 1.54) is 4.90 Å². The van der Waals surface area contributed by atoms with Crippen LogP contribution in [-0.4, -0.2) is 16.7 Å². The molecule has 0 N–H and O–H groups in total. The van der Waals surface area contributed by atoms with Crippen molar-refractivity contribution in [3.05, 3.63) is 35.4 Å². The van der Waals surface area contributed by atoms with E-state index in [1.54, 1.807) is 18.2 Å². The van der Waals surface area contributed by atoms with Gasteiger partial charge in [0, 0.05) is 6.42 Å². The lowest BCUT2D eigenvalue weighted by atomic mass is 9.73. The number of benzene rings is 1. The van der Waals surface area contributed by atoms with E-state index in [4.69, 9.17) is 5.26 Å². The number of nitriles is 1. The number of carbonyl (C=O) groups excluding carboxylic acids is 2. The molecule has 1 saturated carbocycles. The molecule has 1 aromatic rings. The van der Waals surface area contributed by atoms with Crippen LogP contribution in [0.25, 0.3) is 0 Å². The summed E-state index contributed by atoms with van der Waals surface area (Å²) < 4.78 is 0. The fourth-order valence-electron chi connectivity index (χ4n) is 3.56. The van der Waals surface area contributed by atoms with Crippen LogP contribution in [0.1, 0.15) is 49.7 Å². The first kappa shape index (κ1) is 13.8. The quantitative estimate of drug-likeness (QED) is 0.784. The Hall–Kier alpha value is -2.15. The summed E-state index contributed by atoms with van der Waals surface area (Å²) in [6.07, 6.45) is 5.28. The summed E-state index contributed by atoms with van der Waals surface area (Å²) in [6.45, 7) is 0.287. The zero-order valence-electron chi connectivity index (χ0n) is 12.0. The molecule has 1 saturated heterocycles. The van der Waals surface area contributed by atoms with E-state index in [1.807, 2.05) is 6.07 Å². The molecule has 21 heavy (non-hydrogen) atoms. The lowest BCUT2D eigenvalue weighted by molar-refractivity contribution is -0.142. The van der Waals surface area contributed by atoms with Gasteiger partial charge >= 0.3 is 0 Å². The molecule has 1 aromatic carbocycles. The van der Waals surface area contributed by atoms with Gasteiger partial charge in [-0.25, -0.2) is 0 Å². The molecule has 1 aliphatic heterocycles. The Balaban J connectivity index is 1.81. The summed E-state index contributed by atoms with van der Waals surface area (Å²) in [5.74, 6) is -0.0705. The first-order valence-corrected chi connectivity index (χ1v) is 7.48. The van der Waals surface area contributed by atoms with E-state index >= 15 is 0 Å². The van der Waals surface area contributed by atoms with Crippen molar-refractivity contribution in [2.45, 2.75) is 45.1 Å². The third-order valence-electron chi connectivity index (χ3n) is 4.70. The molecule has 0 unspecified atom stereocenters. The summed E-state index contributed by atoms with van der Waals surface area (Å²) in [4.78, 5) is 26.3. The van der Waals surface area contributed by atoms with Gasteiger partial charge in [0.25, 0.3) is 0 Å². The van der Waals surface area contributed by atoms with Crippen molar-refractivity contribution in [1.29, 1.82) is 5.26 Å². The van der Waals surface area contributed by atoms with Crippen LogP contribution in [0.15, 0.2) is 24.3 Å². The minimum Gasteiger partial charge on any atom is -0.278 e. The largest absolute Gasteiger partial charge is 0.278 e. The van der Waals surface area contributed by atoms with Crippen LogP contribution in [0, 0.1) is 16.7 Å². The number of rotatable bonds is 2. The molecule has 4 heteroatoms. The molecule has 1 heterocycles. The maximum atomic E-state index is 12.7. The minimum atomic E-state index is -0.428. The van der Waals surface area contributed by atoms with Gasteiger partial charge in [0.05, 0.1) is 23.6 Å². The van der Waals surface area contributed by atoms with Crippen LogP contribution in [-0.2, 0) is 16.1 Å². The fraction of sp³-hybridized carbons (Fsp3) is 0.471. The second-order valence-corrected chi connectivity index (χ2v) is 6.11. The van der Waals surface area contributed by atoms with E-state index in [9.17, 15) is 9.59 Å². The van der Waals surface area contributed by atoms with E-state index in [0.717, 1.165) is 37.7 Å². The summed E-state index contributed by atoms with van der Waals surface area (Å²) >= 11 is 0. The fourth-order valence-corrected chi connectivity index (χ4v) is 3.56. The van der Waals surface area contributed by atoms with E-state index in [2.05, 4.69) is 6.07 Å². The predicted molar refractivity (Wildman–Crippen MR) is 76.8 cm³/mol. The van der Waals surface area contributed by atoms with Gasteiger partial charge in [-0.3, -0.25) is 14.5 Å². The zero-order valence-corrected chi connectivity index (χ0v) is 12.0. The monoisotopic (exact) mass is 282 g/mol.